The molecule has 1 N–H and O–H groups in total. The molecule has 1 aromatic carbocycles. The molecule has 1 fully saturated rings. The summed E-state index contributed by atoms with van der Waals surface area (Å²) in [6, 6.07) is 14.2. The van der Waals surface area contributed by atoms with Crippen molar-refractivity contribution in [1.29, 1.82) is 0 Å². The number of aromatic nitrogens is 3. The maximum Gasteiger partial charge on any atom is 0.233 e. The quantitative estimate of drug-likeness (QED) is 0.669. The number of hydrogen-bond donors (Lipinski definition) is 1. The van der Waals surface area contributed by atoms with Gasteiger partial charge < -0.3 is 9.84 Å². The zero-order chi connectivity index (χ0) is 20.1. The SMILES string of the molecule is COc1cccc(CC2(CO)CCN(Cc3cccn3-c3ncccn3)CC2)c1. The van der Waals surface area contributed by atoms with Crippen LogP contribution in [0.3, 0.4) is 0 Å². The average molecular weight is 393 g/mol. The summed E-state index contributed by atoms with van der Waals surface area (Å²) < 4.78 is 7.40. The summed E-state index contributed by atoms with van der Waals surface area (Å²) in [5, 5.41) is 10.2. The summed E-state index contributed by atoms with van der Waals surface area (Å²) in [6.45, 7) is 2.99. The predicted molar refractivity (Wildman–Crippen MR) is 112 cm³/mol. The molecule has 3 heterocycles. The van der Waals surface area contributed by atoms with Crippen LogP contribution < -0.4 is 4.74 Å². The van der Waals surface area contributed by atoms with Crippen LogP contribution in [0.2, 0.25) is 0 Å². The normalized spacial score (nSPS) is 16.6. The number of piperidine rings is 1. The number of aliphatic hydroxyl groups excluding tert-OH is 1. The molecule has 0 radical (unpaired) electrons. The van der Waals surface area contributed by atoms with Gasteiger partial charge in [0.25, 0.3) is 0 Å². The van der Waals surface area contributed by atoms with Gasteiger partial charge in [-0.15, -0.1) is 0 Å². The largest absolute Gasteiger partial charge is 0.497 e. The number of nitrogens with zero attached hydrogens (tertiary/aromatic N) is 4. The fourth-order valence-corrected chi connectivity index (χ4v) is 4.18. The lowest BCUT2D eigenvalue weighted by Gasteiger charge is -2.41. The van der Waals surface area contributed by atoms with Gasteiger partial charge in [0.1, 0.15) is 5.75 Å². The molecule has 0 atom stereocenters. The summed E-state index contributed by atoms with van der Waals surface area (Å²) in [5.41, 5.74) is 2.34. The first-order chi connectivity index (χ1) is 14.2. The van der Waals surface area contributed by atoms with E-state index in [-0.39, 0.29) is 12.0 Å². The van der Waals surface area contributed by atoms with Crippen molar-refractivity contribution in [3.05, 3.63) is 72.3 Å². The van der Waals surface area contributed by atoms with Gasteiger partial charge in [-0.1, -0.05) is 12.1 Å². The Balaban J connectivity index is 1.40. The summed E-state index contributed by atoms with van der Waals surface area (Å²) in [5.74, 6) is 1.57. The number of rotatable bonds is 7. The Morgan fingerprint density at radius 2 is 1.86 bits per heavy atom. The third-order valence-corrected chi connectivity index (χ3v) is 5.95. The minimum absolute atomic E-state index is 0.0621. The maximum atomic E-state index is 10.2. The molecule has 1 aliphatic rings. The zero-order valence-corrected chi connectivity index (χ0v) is 16.9. The van der Waals surface area contributed by atoms with E-state index in [1.54, 1.807) is 19.5 Å². The van der Waals surface area contributed by atoms with E-state index in [0.29, 0.717) is 5.95 Å². The van der Waals surface area contributed by atoms with Crippen molar-refractivity contribution in [3.63, 3.8) is 0 Å². The first kappa shape index (κ1) is 19.6. The van der Waals surface area contributed by atoms with Gasteiger partial charge in [-0.2, -0.15) is 0 Å². The molecule has 0 amide bonds. The molecule has 0 aliphatic carbocycles. The van der Waals surface area contributed by atoms with E-state index in [1.807, 2.05) is 35.0 Å². The van der Waals surface area contributed by atoms with Gasteiger partial charge >= 0.3 is 0 Å². The van der Waals surface area contributed by atoms with Crippen molar-refractivity contribution < 1.29 is 9.84 Å². The van der Waals surface area contributed by atoms with Gasteiger partial charge in [0.15, 0.2) is 0 Å². The minimum Gasteiger partial charge on any atom is -0.497 e. The Labute approximate surface area is 171 Å². The van der Waals surface area contributed by atoms with Crippen molar-refractivity contribution in [3.8, 4) is 11.7 Å². The molecule has 152 valence electrons. The zero-order valence-electron chi connectivity index (χ0n) is 16.9. The van der Waals surface area contributed by atoms with Gasteiger partial charge in [-0.05, 0) is 73.7 Å². The van der Waals surface area contributed by atoms with Crippen LogP contribution in [0.25, 0.3) is 5.95 Å². The first-order valence-electron chi connectivity index (χ1n) is 10.1. The third kappa shape index (κ3) is 4.49. The number of hydrogen-bond acceptors (Lipinski definition) is 5. The van der Waals surface area contributed by atoms with E-state index in [1.165, 1.54) is 11.3 Å². The van der Waals surface area contributed by atoms with E-state index in [4.69, 9.17) is 4.74 Å². The van der Waals surface area contributed by atoms with E-state index >= 15 is 0 Å². The Hall–Kier alpha value is -2.70. The van der Waals surface area contributed by atoms with Crippen LogP contribution in [0, 0.1) is 5.41 Å². The van der Waals surface area contributed by atoms with Crippen LogP contribution in [-0.2, 0) is 13.0 Å². The first-order valence-corrected chi connectivity index (χ1v) is 10.1. The number of aliphatic hydroxyl groups is 1. The number of benzene rings is 1. The molecule has 1 saturated heterocycles. The average Bonchev–Trinajstić information content (AvgIpc) is 3.24. The highest BCUT2D eigenvalue weighted by atomic mass is 16.5. The molecule has 4 rings (SSSR count). The second-order valence-electron chi connectivity index (χ2n) is 7.88. The highest BCUT2D eigenvalue weighted by Gasteiger charge is 2.34. The van der Waals surface area contributed by atoms with Gasteiger partial charge in [0, 0.05) is 37.4 Å². The van der Waals surface area contributed by atoms with Crippen LogP contribution in [0.1, 0.15) is 24.1 Å². The molecule has 0 bridgehead atoms. The Kier molecular flexibility index (Phi) is 5.92. The van der Waals surface area contributed by atoms with Gasteiger partial charge in [-0.25, -0.2) is 9.97 Å². The monoisotopic (exact) mass is 392 g/mol. The van der Waals surface area contributed by atoms with Crippen LogP contribution in [-0.4, -0.2) is 51.3 Å². The topological polar surface area (TPSA) is 63.4 Å². The van der Waals surface area contributed by atoms with E-state index in [9.17, 15) is 5.11 Å². The summed E-state index contributed by atoms with van der Waals surface area (Å²) in [4.78, 5) is 11.2. The fourth-order valence-electron chi connectivity index (χ4n) is 4.18. The molecular weight excluding hydrogens is 364 g/mol. The summed E-state index contributed by atoms with van der Waals surface area (Å²) in [6.07, 6.45) is 8.37. The second kappa shape index (κ2) is 8.76. The number of ether oxygens (including phenoxy) is 1. The van der Waals surface area contributed by atoms with Gasteiger partial charge in [-0.3, -0.25) is 9.47 Å². The molecule has 1 aliphatic heterocycles. The highest BCUT2D eigenvalue weighted by molar-refractivity contribution is 5.29. The molecule has 0 unspecified atom stereocenters. The highest BCUT2D eigenvalue weighted by Crippen LogP contribution is 2.36. The van der Waals surface area contributed by atoms with Crippen LogP contribution >= 0.6 is 0 Å². The minimum atomic E-state index is -0.0621. The lowest BCUT2D eigenvalue weighted by molar-refractivity contribution is 0.0407. The Bertz CT molecular complexity index is 917. The second-order valence-corrected chi connectivity index (χ2v) is 7.88. The van der Waals surface area contributed by atoms with Crippen molar-refractivity contribution in [2.24, 2.45) is 5.41 Å². The molecule has 0 spiro atoms. The molecule has 2 aromatic heterocycles. The summed E-state index contributed by atoms with van der Waals surface area (Å²) in [7, 11) is 1.69. The lowest BCUT2D eigenvalue weighted by atomic mass is 9.74. The van der Waals surface area contributed by atoms with Gasteiger partial charge in [0.05, 0.1) is 7.11 Å². The standard InChI is InChI=1S/C23H28N4O2/c1-29-21-7-2-5-19(15-21)16-23(18-28)8-13-26(14-9-23)17-20-6-3-12-27(20)22-24-10-4-11-25-22/h2-7,10-12,15,28H,8-9,13-14,16-18H2,1H3. The van der Waals surface area contributed by atoms with E-state index in [2.05, 4.69) is 33.1 Å². The molecule has 6 nitrogen and oxygen atoms in total. The van der Waals surface area contributed by atoms with Crippen molar-refractivity contribution in [1.82, 2.24) is 19.4 Å². The van der Waals surface area contributed by atoms with Crippen molar-refractivity contribution in [2.75, 3.05) is 26.8 Å². The molecule has 0 saturated carbocycles. The van der Waals surface area contributed by atoms with Crippen LogP contribution in [0.15, 0.2) is 61.1 Å². The Morgan fingerprint density at radius 3 is 2.59 bits per heavy atom. The molecular formula is C23H28N4O2. The molecule has 29 heavy (non-hydrogen) atoms. The van der Waals surface area contributed by atoms with E-state index < -0.39 is 0 Å². The van der Waals surface area contributed by atoms with Crippen molar-refractivity contribution >= 4 is 0 Å². The molecule has 3 aromatic rings. The van der Waals surface area contributed by atoms with Crippen molar-refractivity contribution in [2.45, 2.75) is 25.8 Å². The maximum absolute atomic E-state index is 10.2. The predicted octanol–water partition coefficient (Wildman–Crippen LogP) is 3.09. The fraction of sp³-hybridized carbons (Fsp3) is 0.391. The number of likely N-dealkylation sites (tertiary alicyclic amines) is 1. The number of methoxy groups -OCH3 is 1. The van der Waals surface area contributed by atoms with E-state index in [0.717, 1.165) is 44.6 Å². The van der Waals surface area contributed by atoms with Gasteiger partial charge in [0.2, 0.25) is 5.95 Å². The smallest absolute Gasteiger partial charge is 0.233 e. The molecule has 6 heteroatoms. The third-order valence-electron chi connectivity index (χ3n) is 5.95. The Morgan fingerprint density at radius 1 is 1.07 bits per heavy atom. The lowest BCUT2D eigenvalue weighted by Crippen LogP contribution is -2.43. The summed E-state index contributed by atoms with van der Waals surface area (Å²) >= 11 is 0. The van der Waals surface area contributed by atoms with Crippen LogP contribution in [0.5, 0.6) is 5.75 Å². The van der Waals surface area contributed by atoms with Crippen LogP contribution in [0.4, 0.5) is 0 Å².